The Kier molecular flexibility index (Phi) is 4.98. The molecule has 0 unspecified atom stereocenters. The molecule has 0 spiro atoms. The van der Waals surface area contributed by atoms with Crippen LogP contribution in [0.25, 0.3) is 0 Å². The van der Waals surface area contributed by atoms with E-state index >= 15 is 0 Å². The lowest BCUT2D eigenvalue weighted by Crippen LogP contribution is -2.45. The van der Waals surface area contributed by atoms with E-state index in [2.05, 4.69) is 10.3 Å². The highest BCUT2D eigenvalue weighted by molar-refractivity contribution is 5.97. The van der Waals surface area contributed by atoms with Crippen LogP contribution in [-0.2, 0) is 11.2 Å². The topological polar surface area (TPSA) is 128 Å². The largest absolute Gasteiger partial charge is 0.368 e. The summed E-state index contributed by atoms with van der Waals surface area (Å²) in [4.78, 5) is 37.9. The van der Waals surface area contributed by atoms with Gasteiger partial charge in [-0.05, 0) is 12.1 Å². The molecule has 0 fully saturated rings. The molecule has 1 aromatic carbocycles. The molecule has 0 aliphatic carbocycles. The standard InChI is InChI=1S/C15H14N4O4/c16-14(20)12(18-15(21)10-5-7-17-8-6-10)9-11-3-1-2-4-13(11)19(22)23/h1-8,12H,9H2,(H2,16,20)(H,18,21)/t12-/m0/s1. The quantitative estimate of drug-likeness (QED) is 0.602. The zero-order valence-electron chi connectivity index (χ0n) is 12.0. The van der Waals surface area contributed by atoms with Gasteiger partial charge in [0.15, 0.2) is 0 Å². The molecule has 23 heavy (non-hydrogen) atoms. The lowest BCUT2D eigenvalue weighted by atomic mass is 10.0. The second-order valence-electron chi connectivity index (χ2n) is 4.75. The summed E-state index contributed by atoms with van der Waals surface area (Å²) in [6.07, 6.45) is 2.82. The number of nitrogens with two attached hydrogens (primary N) is 1. The summed E-state index contributed by atoms with van der Waals surface area (Å²) < 4.78 is 0. The molecule has 1 atom stereocenters. The third kappa shape index (κ3) is 4.10. The maximum Gasteiger partial charge on any atom is 0.272 e. The fourth-order valence-electron chi connectivity index (χ4n) is 2.05. The number of primary amides is 1. The van der Waals surface area contributed by atoms with Crippen LogP contribution in [0.1, 0.15) is 15.9 Å². The van der Waals surface area contributed by atoms with E-state index in [4.69, 9.17) is 5.73 Å². The summed E-state index contributed by atoms with van der Waals surface area (Å²) in [5, 5.41) is 13.5. The number of amides is 2. The third-order valence-corrected chi connectivity index (χ3v) is 3.20. The highest BCUT2D eigenvalue weighted by atomic mass is 16.6. The number of nitrogens with zero attached hydrogens (tertiary/aromatic N) is 2. The number of aromatic nitrogens is 1. The number of carbonyl (C=O) groups excluding carboxylic acids is 2. The van der Waals surface area contributed by atoms with Crippen molar-refractivity contribution in [1.29, 1.82) is 0 Å². The SMILES string of the molecule is NC(=O)[C@H](Cc1ccccc1[N+](=O)[O-])NC(=O)c1ccncc1. The number of carbonyl (C=O) groups is 2. The van der Waals surface area contributed by atoms with Gasteiger partial charge in [-0.15, -0.1) is 0 Å². The van der Waals surface area contributed by atoms with Crippen molar-refractivity contribution in [2.45, 2.75) is 12.5 Å². The van der Waals surface area contributed by atoms with E-state index in [1.54, 1.807) is 6.07 Å². The third-order valence-electron chi connectivity index (χ3n) is 3.20. The Morgan fingerprint density at radius 1 is 1.22 bits per heavy atom. The van der Waals surface area contributed by atoms with Gasteiger partial charge in [-0.1, -0.05) is 18.2 Å². The van der Waals surface area contributed by atoms with Crippen LogP contribution >= 0.6 is 0 Å². The Labute approximate surface area is 131 Å². The Bertz CT molecular complexity index is 733. The number of para-hydroxylation sites is 1. The Hall–Kier alpha value is -3.29. The number of nitrogens with one attached hydrogen (secondary N) is 1. The van der Waals surface area contributed by atoms with E-state index in [-0.39, 0.29) is 12.1 Å². The number of hydrogen-bond acceptors (Lipinski definition) is 5. The second-order valence-corrected chi connectivity index (χ2v) is 4.75. The van der Waals surface area contributed by atoms with E-state index < -0.39 is 22.8 Å². The van der Waals surface area contributed by atoms with Gasteiger partial charge in [-0.25, -0.2) is 0 Å². The number of pyridine rings is 1. The second kappa shape index (κ2) is 7.12. The zero-order chi connectivity index (χ0) is 16.8. The number of rotatable bonds is 6. The van der Waals surface area contributed by atoms with E-state index in [1.807, 2.05) is 0 Å². The van der Waals surface area contributed by atoms with Crippen LogP contribution in [0.15, 0.2) is 48.8 Å². The average Bonchev–Trinajstić information content (AvgIpc) is 2.55. The van der Waals surface area contributed by atoms with E-state index in [9.17, 15) is 19.7 Å². The Balaban J connectivity index is 2.19. The molecule has 1 aromatic heterocycles. The minimum Gasteiger partial charge on any atom is -0.368 e. The first kappa shape index (κ1) is 16.1. The van der Waals surface area contributed by atoms with Crippen molar-refractivity contribution in [3.8, 4) is 0 Å². The van der Waals surface area contributed by atoms with Gasteiger partial charge in [0, 0.05) is 36.0 Å². The molecular weight excluding hydrogens is 300 g/mol. The van der Waals surface area contributed by atoms with Crippen molar-refractivity contribution < 1.29 is 14.5 Å². The Morgan fingerprint density at radius 2 is 1.87 bits per heavy atom. The van der Waals surface area contributed by atoms with Crippen molar-refractivity contribution in [3.63, 3.8) is 0 Å². The fraction of sp³-hybridized carbons (Fsp3) is 0.133. The minimum atomic E-state index is -1.06. The first-order chi connectivity index (χ1) is 11.0. The van der Waals surface area contributed by atoms with Gasteiger partial charge in [0.1, 0.15) is 6.04 Å². The molecular formula is C15H14N4O4. The molecule has 2 rings (SSSR count). The molecule has 0 saturated heterocycles. The van der Waals surface area contributed by atoms with Crippen molar-refractivity contribution in [2.24, 2.45) is 5.73 Å². The van der Waals surface area contributed by atoms with E-state index in [0.717, 1.165) is 0 Å². The normalized spacial score (nSPS) is 11.5. The highest BCUT2D eigenvalue weighted by Crippen LogP contribution is 2.19. The first-order valence-electron chi connectivity index (χ1n) is 6.71. The highest BCUT2D eigenvalue weighted by Gasteiger charge is 2.23. The van der Waals surface area contributed by atoms with Crippen LogP contribution in [0.5, 0.6) is 0 Å². The summed E-state index contributed by atoms with van der Waals surface area (Å²) >= 11 is 0. The van der Waals surface area contributed by atoms with Crippen LogP contribution in [0.3, 0.4) is 0 Å². The van der Waals surface area contributed by atoms with Crippen molar-refractivity contribution >= 4 is 17.5 Å². The van der Waals surface area contributed by atoms with Crippen molar-refractivity contribution in [3.05, 3.63) is 70.0 Å². The molecule has 0 aliphatic rings. The van der Waals surface area contributed by atoms with Crippen molar-refractivity contribution in [2.75, 3.05) is 0 Å². The first-order valence-corrected chi connectivity index (χ1v) is 6.71. The lowest BCUT2D eigenvalue weighted by molar-refractivity contribution is -0.385. The van der Waals surface area contributed by atoms with Crippen LogP contribution in [-0.4, -0.2) is 27.8 Å². The summed E-state index contributed by atoms with van der Waals surface area (Å²) in [7, 11) is 0. The van der Waals surface area contributed by atoms with Gasteiger partial charge >= 0.3 is 0 Å². The van der Waals surface area contributed by atoms with Crippen LogP contribution < -0.4 is 11.1 Å². The van der Waals surface area contributed by atoms with Crippen LogP contribution in [0.2, 0.25) is 0 Å². The van der Waals surface area contributed by atoms with Gasteiger partial charge in [0.25, 0.3) is 11.6 Å². The minimum absolute atomic E-state index is 0.0662. The monoisotopic (exact) mass is 314 g/mol. The van der Waals surface area contributed by atoms with Gasteiger partial charge in [0.05, 0.1) is 4.92 Å². The van der Waals surface area contributed by atoms with E-state index in [0.29, 0.717) is 11.1 Å². The average molecular weight is 314 g/mol. The summed E-state index contributed by atoms with van der Waals surface area (Å²) in [6.45, 7) is 0. The number of hydrogen-bond donors (Lipinski definition) is 2. The summed E-state index contributed by atoms with van der Waals surface area (Å²) in [6, 6.07) is 7.90. The molecule has 3 N–H and O–H groups in total. The smallest absolute Gasteiger partial charge is 0.272 e. The van der Waals surface area contributed by atoms with Gasteiger partial charge in [-0.3, -0.25) is 24.7 Å². The maximum absolute atomic E-state index is 12.1. The molecule has 2 amide bonds. The molecule has 0 saturated carbocycles. The molecule has 0 radical (unpaired) electrons. The summed E-state index contributed by atoms with van der Waals surface area (Å²) in [5.74, 6) is -1.28. The van der Waals surface area contributed by atoms with Crippen molar-refractivity contribution in [1.82, 2.24) is 10.3 Å². The molecule has 0 bridgehead atoms. The summed E-state index contributed by atoms with van der Waals surface area (Å²) in [5.41, 5.74) is 5.80. The Morgan fingerprint density at radius 3 is 2.48 bits per heavy atom. The fourth-order valence-corrected chi connectivity index (χ4v) is 2.05. The van der Waals surface area contributed by atoms with E-state index in [1.165, 1.54) is 42.7 Å². The predicted octanol–water partition coefficient (Wildman–Crippen LogP) is 0.816. The predicted molar refractivity (Wildman–Crippen MR) is 81.5 cm³/mol. The van der Waals surface area contributed by atoms with Gasteiger partial charge in [0.2, 0.25) is 5.91 Å². The lowest BCUT2D eigenvalue weighted by Gasteiger charge is -2.15. The number of nitro benzene ring substituents is 1. The molecule has 1 heterocycles. The van der Waals surface area contributed by atoms with Gasteiger partial charge in [-0.2, -0.15) is 0 Å². The zero-order valence-corrected chi connectivity index (χ0v) is 12.0. The number of nitro groups is 1. The molecule has 2 aromatic rings. The molecule has 8 heteroatoms. The van der Waals surface area contributed by atoms with Crippen LogP contribution in [0, 0.1) is 10.1 Å². The number of benzene rings is 1. The van der Waals surface area contributed by atoms with Gasteiger partial charge < -0.3 is 11.1 Å². The van der Waals surface area contributed by atoms with Crippen LogP contribution in [0.4, 0.5) is 5.69 Å². The maximum atomic E-state index is 12.1. The molecule has 0 aliphatic heterocycles. The molecule has 118 valence electrons. The molecule has 8 nitrogen and oxygen atoms in total.